The summed E-state index contributed by atoms with van der Waals surface area (Å²) in [6.07, 6.45) is 18.4. The second-order valence-corrected chi connectivity index (χ2v) is 27.0. The average molecular weight is 1490 g/mol. The molecule has 12 rings (SSSR count). The van der Waals surface area contributed by atoms with Crippen molar-refractivity contribution in [3.63, 3.8) is 0 Å². The number of rotatable bonds is 23. The molecular weight excluding hydrogens is 1390 g/mol. The van der Waals surface area contributed by atoms with Crippen molar-refractivity contribution >= 4 is 82.5 Å². The largest absolute Gasteiger partial charge is 0.493 e. The Morgan fingerprint density at radius 2 is 1.03 bits per heavy atom. The van der Waals surface area contributed by atoms with Crippen LogP contribution in [0.25, 0.3) is 11.1 Å². The third-order valence-corrected chi connectivity index (χ3v) is 19.2. The molecule has 0 aliphatic carbocycles. The van der Waals surface area contributed by atoms with E-state index in [1.54, 1.807) is 48.1 Å². The molecule has 3 unspecified atom stereocenters. The van der Waals surface area contributed by atoms with Gasteiger partial charge in [0.2, 0.25) is 11.8 Å². The summed E-state index contributed by atoms with van der Waals surface area (Å²) in [5.74, 6) is 0.0212. The maximum absolute atomic E-state index is 14.2. The number of nitrogens with zero attached hydrogens (tertiary/aromatic N) is 7. The first-order chi connectivity index (χ1) is 52.2. The summed E-state index contributed by atoms with van der Waals surface area (Å²) in [7, 11) is 5.65. The Morgan fingerprint density at radius 3 is 1.46 bits per heavy atom. The zero-order chi connectivity index (χ0) is 77.4. The lowest BCUT2D eigenvalue weighted by atomic mass is 10.00. The molecule has 0 bridgehead atoms. The zero-order valence-corrected chi connectivity index (χ0v) is 62.1. The Bertz CT molecular complexity index is 4180. The Morgan fingerprint density at radius 1 is 0.546 bits per heavy atom. The molecule has 0 spiro atoms. The van der Waals surface area contributed by atoms with E-state index < -0.39 is 43.3 Å². The molecule has 4 saturated heterocycles. The van der Waals surface area contributed by atoms with Crippen molar-refractivity contribution in [1.82, 2.24) is 23.5 Å². The molecule has 6 aliphatic rings. The number of amides is 7. The van der Waals surface area contributed by atoms with Crippen molar-refractivity contribution in [3.8, 4) is 22.6 Å². The number of hydrogen-bond donors (Lipinski definition) is 3. The maximum Gasteiger partial charge on any atom is 0.416 e. The second-order valence-electron chi connectivity index (χ2n) is 27.0. The van der Waals surface area contributed by atoms with Crippen LogP contribution in [-0.4, -0.2) is 167 Å². The van der Waals surface area contributed by atoms with Gasteiger partial charge in [-0.25, -0.2) is 19.4 Å². The number of fused-ring (bicyclic) bond motifs is 4. The highest BCUT2D eigenvalue weighted by atomic mass is 16.7. The number of benzene rings is 3. The van der Waals surface area contributed by atoms with Crippen LogP contribution in [0.15, 0.2) is 117 Å². The summed E-state index contributed by atoms with van der Waals surface area (Å²) in [5.41, 5.74) is 8.54. The summed E-state index contributed by atoms with van der Waals surface area (Å²) < 4.78 is 54.1. The fraction of sp³-hybridized carbons (Fsp3) is 0.456. The lowest BCUT2D eigenvalue weighted by Gasteiger charge is -2.42. The first kappa shape index (κ1) is 81.2. The van der Waals surface area contributed by atoms with E-state index in [4.69, 9.17) is 57.1 Å². The third-order valence-electron chi connectivity index (χ3n) is 19.2. The van der Waals surface area contributed by atoms with Gasteiger partial charge in [0.1, 0.15) is 30.4 Å². The fourth-order valence-electron chi connectivity index (χ4n) is 13.9. The highest BCUT2D eigenvalue weighted by Gasteiger charge is 2.49. The summed E-state index contributed by atoms with van der Waals surface area (Å²) in [6.45, 7) is 15.9. The molecule has 3 N–H and O–H groups in total. The lowest BCUT2D eigenvalue weighted by Crippen LogP contribution is -2.57. The fourth-order valence-corrected chi connectivity index (χ4v) is 13.9. The van der Waals surface area contributed by atoms with Crippen LogP contribution in [0.5, 0.6) is 11.5 Å². The number of ether oxygens (including phenoxy) is 8. The Hall–Kier alpha value is -10.9. The SMILES string of the molecule is C=CCOC(=O)N1c2cc(OCCCC(=O)Nc3cc(C(=O)Nc4ccc(-c5cc(C)n(C)c5)cc4)n(C)c3)c(C)cc2C(=O)N2CCCC[C@H]2[C@@H]1OC1CCCCO1.C=CCOC(=O)N1c2cc(OCCCC(=O)Nc3ccn(C)c3)c(C)cc2C(=O)N2CCCC[C@H]2C1OC1CCCCO1.O=C=O.O=C=O. The number of hydrogen-bond acceptors (Lipinski definition) is 19. The normalized spacial score (nSPS) is 19.2. The molecular formula is C79H96N10O19. The molecule has 4 fully saturated rings. The zero-order valence-electron chi connectivity index (χ0n) is 62.1. The Kier molecular flexibility index (Phi) is 29.8. The van der Waals surface area contributed by atoms with Gasteiger partial charge in [-0.15, -0.1) is 0 Å². The molecule has 0 radical (unpaired) electrons. The molecule has 29 nitrogen and oxygen atoms in total. The van der Waals surface area contributed by atoms with E-state index in [1.165, 1.54) is 22.0 Å². The van der Waals surface area contributed by atoms with Gasteiger partial charge in [0.05, 0.1) is 59.2 Å². The summed E-state index contributed by atoms with van der Waals surface area (Å²) in [6, 6.07) is 19.5. The van der Waals surface area contributed by atoms with Crippen molar-refractivity contribution in [3.05, 3.63) is 150 Å². The van der Waals surface area contributed by atoms with Gasteiger partial charge < -0.3 is 77.3 Å². The molecule has 108 heavy (non-hydrogen) atoms. The van der Waals surface area contributed by atoms with E-state index in [1.807, 2.05) is 85.0 Å². The number of aryl methyl sites for hydroxylation is 6. The topological polar surface area (TPSA) is 325 Å². The molecule has 0 saturated carbocycles. The smallest absolute Gasteiger partial charge is 0.416 e. The minimum Gasteiger partial charge on any atom is -0.493 e. The van der Waals surface area contributed by atoms with Gasteiger partial charge in [0, 0.05) is 109 Å². The number of nitrogens with one attached hydrogen (secondary N) is 3. The van der Waals surface area contributed by atoms with Gasteiger partial charge in [-0.2, -0.15) is 19.2 Å². The van der Waals surface area contributed by atoms with Gasteiger partial charge in [-0.3, -0.25) is 24.0 Å². The number of carbonyl (C=O) groups is 7. The summed E-state index contributed by atoms with van der Waals surface area (Å²) in [4.78, 5) is 133. The van der Waals surface area contributed by atoms with Crippen molar-refractivity contribution in [2.75, 3.05) is 78.5 Å². The van der Waals surface area contributed by atoms with E-state index in [0.717, 1.165) is 79.4 Å². The maximum atomic E-state index is 14.2. The van der Waals surface area contributed by atoms with E-state index >= 15 is 0 Å². The molecule has 576 valence electrons. The summed E-state index contributed by atoms with van der Waals surface area (Å²) in [5, 5.41) is 8.70. The second kappa shape index (κ2) is 39.6. The molecule has 7 amide bonds. The van der Waals surface area contributed by atoms with Crippen LogP contribution in [0.3, 0.4) is 0 Å². The Labute approximate surface area is 627 Å². The highest BCUT2D eigenvalue weighted by molar-refractivity contribution is 6.07. The average Bonchev–Trinajstić information content (AvgIpc) is 1.61. The van der Waals surface area contributed by atoms with Gasteiger partial charge in [0.25, 0.3) is 17.7 Å². The van der Waals surface area contributed by atoms with Crippen LogP contribution < -0.4 is 35.2 Å². The molecule has 9 heterocycles. The first-order valence-corrected chi connectivity index (χ1v) is 36.4. The van der Waals surface area contributed by atoms with Gasteiger partial charge in [-0.05, 0) is 175 Å². The van der Waals surface area contributed by atoms with Crippen molar-refractivity contribution in [1.29, 1.82) is 0 Å². The summed E-state index contributed by atoms with van der Waals surface area (Å²) >= 11 is 0. The molecule has 6 atom stereocenters. The highest BCUT2D eigenvalue weighted by Crippen LogP contribution is 2.43. The van der Waals surface area contributed by atoms with Gasteiger partial charge in [-0.1, -0.05) is 37.4 Å². The van der Waals surface area contributed by atoms with E-state index in [-0.39, 0.29) is 87.1 Å². The van der Waals surface area contributed by atoms with E-state index in [9.17, 15) is 33.6 Å². The molecule has 29 heteroatoms. The minimum absolute atomic E-state index is 0.0138. The molecule has 6 aromatic rings. The standard InChI is InChI=1S/C45H54N6O8.C32H42N4O7.2CO2/c1-6-20-58-45(55)51-37-26-39(29(2)23-35(37)43(54)50-19-9-7-12-36(50)44(51)59-41-14-8-10-21-57-41)56-22-11-13-40(52)46-34-25-38(49(5)28-34)42(53)47-33-17-15-31(16-18-33)32-24-30(3)48(4)27-32;1-4-16-42-32(39)36-26-20-27(40-18-9-11-28(37)33-23-13-15-34(3)21-23)22(2)19-24(26)30(38)35-14-7-5-10-25(35)31(36)43-29-12-6-8-17-41-29;2*2-1-3/h6,15-18,23-28,36,41,44H,1,7-14,19-22H2,2-5H3,(H,46,52)(H,47,53);4,13,15,19-21,25,29,31H,1,5-12,14,16-18H2,2-3H3,(H,33,37);;/t36-,41?,44-;25-,29?,31?;;/m00../s1. The first-order valence-electron chi connectivity index (χ1n) is 36.4. The van der Waals surface area contributed by atoms with Crippen LogP contribution >= 0.6 is 0 Å². The van der Waals surface area contributed by atoms with Crippen LogP contribution in [-0.2, 0) is 78.3 Å². The van der Waals surface area contributed by atoms with E-state index in [0.29, 0.717) is 121 Å². The lowest BCUT2D eigenvalue weighted by molar-refractivity contribution is -0.199. The van der Waals surface area contributed by atoms with Crippen molar-refractivity contribution < 1.29 is 90.6 Å². The number of carbonyl (C=O) groups excluding carboxylic acids is 11. The predicted octanol–water partition coefficient (Wildman–Crippen LogP) is 11.7. The number of anilines is 5. The van der Waals surface area contributed by atoms with Crippen molar-refractivity contribution in [2.24, 2.45) is 21.1 Å². The van der Waals surface area contributed by atoms with Gasteiger partial charge >= 0.3 is 24.5 Å². The number of aromatic nitrogens is 3. The quantitative estimate of drug-likeness (QED) is 0.0396. The van der Waals surface area contributed by atoms with Crippen LogP contribution in [0.2, 0.25) is 0 Å². The Balaban J connectivity index is 0.000000242. The minimum atomic E-state index is -0.847. The van der Waals surface area contributed by atoms with Gasteiger partial charge in [0.15, 0.2) is 25.0 Å². The predicted molar refractivity (Wildman–Crippen MR) is 396 cm³/mol. The molecule has 6 aliphatic heterocycles. The van der Waals surface area contributed by atoms with Crippen molar-refractivity contribution in [2.45, 2.75) is 161 Å². The van der Waals surface area contributed by atoms with E-state index in [2.05, 4.69) is 52.9 Å². The van der Waals surface area contributed by atoms with Crippen LogP contribution in [0.4, 0.5) is 38.0 Å². The third kappa shape index (κ3) is 21.0. The van der Waals surface area contributed by atoms with Crippen LogP contribution in [0.1, 0.15) is 151 Å². The molecule has 3 aromatic heterocycles. The van der Waals surface area contributed by atoms with Crippen LogP contribution in [0, 0.1) is 20.8 Å². The molecule has 3 aromatic carbocycles. The number of piperidine rings is 2. The monoisotopic (exact) mass is 1490 g/mol.